The molecule has 0 fully saturated rings. The second-order valence-corrected chi connectivity index (χ2v) is 5.36. The standard InChI is InChI=1S/C13H21ClN2O/c1-13(2,9-17)16(3)8-11-5-4-10(7-15)6-12(11)14/h4-6,17H,7-9,15H2,1-3H3. The molecule has 0 aliphatic rings. The van der Waals surface area contributed by atoms with Crippen LogP contribution in [-0.2, 0) is 13.1 Å². The second kappa shape index (κ2) is 5.83. The van der Waals surface area contributed by atoms with Crippen LogP contribution in [0.2, 0.25) is 5.02 Å². The Morgan fingerprint density at radius 3 is 2.53 bits per heavy atom. The van der Waals surface area contributed by atoms with Crippen LogP contribution in [0.1, 0.15) is 25.0 Å². The zero-order chi connectivity index (χ0) is 13.1. The fourth-order valence-electron chi connectivity index (χ4n) is 1.44. The van der Waals surface area contributed by atoms with Gasteiger partial charge in [0.2, 0.25) is 0 Å². The molecule has 0 radical (unpaired) electrons. The summed E-state index contributed by atoms with van der Waals surface area (Å²) >= 11 is 6.20. The number of likely N-dealkylation sites (N-methyl/N-ethyl adjacent to an activating group) is 1. The molecule has 1 aromatic carbocycles. The molecule has 96 valence electrons. The molecule has 0 bridgehead atoms. The summed E-state index contributed by atoms with van der Waals surface area (Å²) in [6, 6.07) is 5.88. The van der Waals surface area contributed by atoms with Crippen molar-refractivity contribution in [3.63, 3.8) is 0 Å². The van der Waals surface area contributed by atoms with Crippen molar-refractivity contribution in [2.24, 2.45) is 5.73 Å². The molecule has 0 atom stereocenters. The molecule has 0 saturated heterocycles. The van der Waals surface area contributed by atoms with Crippen molar-refractivity contribution >= 4 is 11.6 Å². The Kier molecular flexibility index (Phi) is 4.95. The molecular formula is C13H21ClN2O. The minimum absolute atomic E-state index is 0.113. The lowest BCUT2D eigenvalue weighted by molar-refractivity contribution is 0.0734. The predicted octanol–water partition coefficient (Wildman–Crippen LogP) is 2.00. The van der Waals surface area contributed by atoms with Crippen molar-refractivity contribution in [2.45, 2.75) is 32.5 Å². The smallest absolute Gasteiger partial charge is 0.0610 e. The average molecular weight is 257 g/mol. The topological polar surface area (TPSA) is 49.5 Å². The molecule has 0 heterocycles. The first-order valence-corrected chi connectivity index (χ1v) is 6.08. The second-order valence-electron chi connectivity index (χ2n) is 4.96. The molecule has 0 amide bonds. The van der Waals surface area contributed by atoms with Gasteiger partial charge in [0.05, 0.1) is 6.61 Å². The Balaban J connectivity index is 2.82. The number of aliphatic hydroxyl groups excluding tert-OH is 1. The Bertz CT molecular complexity index is 380. The number of benzene rings is 1. The largest absolute Gasteiger partial charge is 0.394 e. The number of hydrogen-bond acceptors (Lipinski definition) is 3. The van der Waals surface area contributed by atoms with Gasteiger partial charge in [0.25, 0.3) is 0 Å². The molecule has 0 spiro atoms. The van der Waals surface area contributed by atoms with E-state index in [0.717, 1.165) is 16.1 Å². The summed E-state index contributed by atoms with van der Waals surface area (Å²) in [5, 5.41) is 10.0. The van der Waals surface area contributed by atoms with Crippen molar-refractivity contribution < 1.29 is 5.11 Å². The van der Waals surface area contributed by atoms with Crippen LogP contribution in [0.25, 0.3) is 0 Å². The normalized spacial score (nSPS) is 12.2. The maximum absolute atomic E-state index is 9.30. The minimum Gasteiger partial charge on any atom is -0.394 e. The van der Waals surface area contributed by atoms with Gasteiger partial charge in [-0.25, -0.2) is 0 Å². The highest BCUT2D eigenvalue weighted by Crippen LogP contribution is 2.22. The van der Waals surface area contributed by atoms with Gasteiger partial charge in [-0.2, -0.15) is 0 Å². The van der Waals surface area contributed by atoms with E-state index in [2.05, 4.69) is 4.90 Å². The van der Waals surface area contributed by atoms with E-state index in [1.165, 1.54) is 0 Å². The monoisotopic (exact) mass is 256 g/mol. The molecule has 0 aliphatic heterocycles. The fourth-order valence-corrected chi connectivity index (χ4v) is 1.70. The van der Waals surface area contributed by atoms with Crippen LogP contribution in [0, 0.1) is 0 Å². The third kappa shape index (κ3) is 3.68. The highest BCUT2D eigenvalue weighted by molar-refractivity contribution is 6.31. The van der Waals surface area contributed by atoms with Crippen LogP contribution in [0.15, 0.2) is 18.2 Å². The van der Waals surface area contributed by atoms with Crippen LogP contribution in [0.4, 0.5) is 0 Å². The third-order valence-corrected chi connectivity index (χ3v) is 3.53. The summed E-state index contributed by atoms with van der Waals surface area (Å²) < 4.78 is 0. The molecule has 0 saturated carbocycles. The van der Waals surface area contributed by atoms with Gasteiger partial charge in [0.15, 0.2) is 0 Å². The lowest BCUT2D eigenvalue weighted by Gasteiger charge is -2.34. The van der Waals surface area contributed by atoms with E-state index in [1.54, 1.807) is 0 Å². The highest BCUT2D eigenvalue weighted by atomic mass is 35.5. The van der Waals surface area contributed by atoms with Crippen molar-refractivity contribution in [1.29, 1.82) is 0 Å². The van der Waals surface area contributed by atoms with Crippen LogP contribution >= 0.6 is 11.6 Å². The van der Waals surface area contributed by atoms with Gasteiger partial charge in [-0.3, -0.25) is 4.90 Å². The maximum Gasteiger partial charge on any atom is 0.0610 e. The molecule has 0 aliphatic carbocycles. The van der Waals surface area contributed by atoms with Crippen molar-refractivity contribution in [3.05, 3.63) is 34.3 Å². The molecule has 0 unspecified atom stereocenters. The van der Waals surface area contributed by atoms with Crippen LogP contribution in [0.3, 0.4) is 0 Å². The van der Waals surface area contributed by atoms with Crippen molar-refractivity contribution in [3.8, 4) is 0 Å². The molecular weight excluding hydrogens is 236 g/mol. The first-order chi connectivity index (χ1) is 7.90. The van der Waals surface area contributed by atoms with E-state index in [4.69, 9.17) is 17.3 Å². The van der Waals surface area contributed by atoms with Gasteiger partial charge in [-0.05, 0) is 38.1 Å². The number of aliphatic hydroxyl groups is 1. The fraction of sp³-hybridized carbons (Fsp3) is 0.538. The van der Waals surface area contributed by atoms with E-state index in [9.17, 15) is 5.11 Å². The van der Waals surface area contributed by atoms with Gasteiger partial charge in [0.1, 0.15) is 0 Å². The van der Waals surface area contributed by atoms with E-state index >= 15 is 0 Å². The number of halogens is 1. The molecule has 3 N–H and O–H groups in total. The zero-order valence-electron chi connectivity index (χ0n) is 10.7. The summed E-state index contributed by atoms with van der Waals surface area (Å²) in [5.41, 5.74) is 7.38. The summed E-state index contributed by atoms with van der Waals surface area (Å²) in [6.07, 6.45) is 0. The zero-order valence-corrected chi connectivity index (χ0v) is 11.5. The van der Waals surface area contributed by atoms with E-state index in [1.807, 2.05) is 39.1 Å². The lowest BCUT2D eigenvalue weighted by atomic mass is 10.0. The third-order valence-electron chi connectivity index (χ3n) is 3.18. The van der Waals surface area contributed by atoms with E-state index in [-0.39, 0.29) is 12.1 Å². The van der Waals surface area contributed by atoms with E-state index in [0.29, 0.717) is 13.1 Å². The molecule has 1 rings (SSSR count). The summed E-state index contributed by atoms with van der Waals surface area (Å²) in [6.45, 7) is 5.31. The van der Waals surface area contributed by atoms with Gasteiger partial charge in [-0.15, -0.1) is 0 Å². The SMILES string of the molecule is CN(Cc1ccc(CN)cc1Cl)C(C)(C)CO. The first kappa shape index (κ1) is 14.5. The Morgan fingerprint density at radius 1 is 1.41 bits per heavy atom. The van der Waals surface area contributed by atoms with Crippen molar-refractivity contribution in [1.82, 2.24) is 4.90 Å². The van der Waals surface area contributed by atoms with E-state index < -0.39 is 0 Å². The maximum atomic E-state index is 9.30. The van der Waals surface area contributed by atoms with Crippen LogP contribution < -0.4 is 5.73 Å². The van der Waals surface area contributed by atoms with Gasteiger partial charge >= 0.3 is 0 Å². The van der Waals surface area contributed by atoms with Crippen LogP contribution in [0.5, 0.6) is 0 Å². The summed E-state index contributed by atoms with van der Waals surface area (Å²) in [5.74, 6) is 0. The molecule has 17 heavy (non-hydrogen) atoms. The van der Waals surface area contributed by atoms with Gasteiger partial charge in [0, 0.05) is 23.7 Å². The van der Waals surface area contributed by atoms with Gasteiger partial charge < -0.3 is 10.8 Å². The quantitative estimate of drug-likeness (QED) is 0.847. The number of rotatable bonds is 5. The molecule has 0 aromatic heterocycles. The Morgan fingerprint density at radius 2 is 2.06 bits per heavy atom. The average Bonchev–Trinajstić information content (AvgIpc) is 2.31. The lowest BCUT2D eigenvalue weighted by Crippen LogP contribution is -2.43. The summed E-state index contributed by atoms with van der Waals surface area (Å²) in [4.78, 5) is 2.08. The molecule has 3 nitrogen and oxygen atoms in total. The highest BCUT2D eigenvalue weighted by Gasteiger charge is 2.22. The Labute approximate surface area is 108 Å². The van der Waals surface area contributed by atoms with Crippen molar-refractivity contribution in [2.75, 3.05) is 13.7 Å². The van der Waals surface area contributed by atoms with Crippen LogP contribution in [-0.4, -0.2) is 29.2 Å². The summed E-state index contributed by atoms with van der Waals surface area (Å²) in [7, 11) is 1.98. The molecule has 4 heteroatoms. The minimum atomic E-state index is -0.254. The van der Waals surface area contributed by atoms with Gasteiger partial charge in [-0.1, -0.05) is 23.7 Å². The number of nitrogens with zero attached hydrogens (tertiary/aromatic N) is 1. The number of hydrogen-bond donors (Lipinski definition) is 2. The first-order valence-electron chi connectivity index (χ1n) is 5.70. The number of nitrogens with two attached hydrogens (primary N) is 1. The predicted molar refractivity (Wildman–Crippen MR) is 72.0 cm³/mol. The Hall–Kier alpha value is -0.610. The molecule has 1 aromatic rings.